The number of carbonyl (C=O) groups excluding carboxylic acids is 1. The van der Waals surface area contributed by atoms with Crippen LogP contribution >= 0.6 is 11.3 Å². The molecule has 0 aliphatic rings. The highest BCUT2D eigenvalue weighted by Crippen LogP contribution is 2.29. The van der Waals surface area contributed by atoms with Crippen molar-refractivity contribution in [2.75, 3.05) is 19.0 Å². The Kier molecular flexibility index (Phi) is 4.20. The second-order valence-electron chi connectivity index (χ2n) is 4.50. The third-order valence-electron chi connectivity index (χ3n) is 2.96. The lowest BCUT2D eigenvalue weighted by molar-refractivity contribution is -0.118. The van der Waals surface area contributed by atoms with Crippen LogP contribution in [0.15, 0.2) is 48.5 Å². The number of aromatic nitrogens is 1. The van der Waals surface area contributed by atoms with Crippen molar-refractivity contribution in [1.29, 1.82) is 0 Å². The van der Waals surface area contributed by atoms with E-state index in [-0.39, 0.29) is 12.5 Å². The molecule has 1 amide bonds. The summed E-state index contributed by atoms with van der Waals surface area (Å²) in [6, 6.07) is 14.8. The Hall–Kier alpha value is -2.60. The van der Waals surface area contributed by atoms with Crippen LogP contribution in [0.25, 0.3) is 10.2 Å². The van der Waals surface area contributed by atoms with Gasteiger partial charge in [0.1, 0.15) is 11.5 Å². The minimum Gasteiger partial charge on any atom is -0.497 e. The van der Waals surface area contributed by atoms with Gasteiger partial charge in [-0.05, 0) is 30.3 Å². The highest BCUT2D eigenvalue weighted by Gasteiger charge is 2.09. The third-order valence-corrected chi connectivity index (χ3v) is 3.89. The molecule has 3 aromatic rings. The van der Waals surface area contributed by atoms with Crippen LogP contribution in [0.3, 0.4) is 0 Å². The summed E-state index contributed by atoms with van der Waals surface area (Å²) in [7, 11) is 1.62. The van der Waals surface area contributed by atoms with Crippen LogP contribution in [0.1, 0.15) is 0 Å². The Labute approximate surface area is 131 Å². The number of nitrogens with one attached hydrogen (secondary N) is 1. The summed E-state index contributed by atoms with van der Waals surface area (Å²) in [4.78, 5) is 16.3. The second-order valence-corrected chi connectivity index (χ2v) is 5.53. The normalized spacial score (nSPS) is 10.4. The summed E-state index contributed by atoms with van der Waals surface area (Å²) in [5, 5.41) is 3.29. The SMILES string of the molecule is COc1ccc2nc(NC(=O)COc3ccccc3)sc2c1. The van der Waals surface area contributed by atoms with Gasteiger partial charge in [0.25, 0.3) is 5.91 Å². The zero-order chi connectivity index (χ0) is 15.4. The predicted molar refractivity (Wildman–Crippen MR) is 86.7 cm³/mol. The molecular formula is C16H14N2O3S. The summed E-state index contributed by atoms with van der Waals surface area (Å²) in [6.07, 6.45) is 0. The first-order chi connectivity index (χ1) is 10.7. The van der Waals surface area contributed by atoms with Crippen molar-refractivity contribution in [3.05, 3.63) is 48.5 Å². The molecule has 22 heavy (non-hydrogen) atoms. The fourth-order valence-corrected chi connectivity index (χ4v) is 2.82. The Bertz CT molecular complexity index is 786. The number of ether oxygens (including phenoxy) is 2. The topological polar surface area (TPSA) is 60.5 Å². The number of nitrogens with zero attached hydrogens (tertiary/aromatic N) is 1. The van der Waals surface area contributed by atoms with Crippen molar-refractivity contribution >= 4 is 32.6 Å². The Balaban J connectivity index is 1.63. The monoisotopic (exact) mass is 314 g/mol. The van der Waals surface area contributed by atoms with E-state index in [1.54, 1.807) is 19.2 Å². The van der Waals surface area contributed by atoms with Gasteiger partial charge in [0.15, 0.2) is 11.7 Å². The molecule has 0 aliphatic heterocycles. The molecule has 0 saturated heterocycles. The Morgan fingerprint density at radius 1 is 1.18 bits per heavy atom. The van der Waals surface area contributed by atoms with E-state index >= 15 is 0 Å². The van der Waals surface area contributed by atoms with Crippen LogP contribution in [0.4, 0.5) is 5.13 Å². The highest BCUT2D eigenvalue weighted by molar-refractivity contribution is 7.22. The quantitative estimate of drug-likeness (QED) is 0.785. The molecule has 0 atom stereocenters. The smallest absolute Gasteiger partial charge is 0.264 e. The maximum absolute atomic E-state index is 11.9. The first-order valence-electron chi connectivity index (χ1n) is 6.67. The number of hydrogen-bond donors (Lipinski definition) is 1. The molecule has 6 heteroatoms. The second kappa shape index (κ2) is 6.44. The van der Waals surface area contributed by atoms with Crippen molar-refractivity contribution in [2.24, 2.45) is 0 Å². The number of benzene rings is 2. The zero-order valence-electron chi connectivity index (χ0n) is 11.9. The van der Waals surface area contributed by atoms with Crippen LogP contribution in [0, 0.1) is 0 Å². The number of amides is 1. The average Bonchev–Trinajstić information content (AvgIpc) is 2.95. The van der Waals surface area contributed by atoms with Gasteiger partial charge in [-0.1, -0.05) is 29.5 Å². The number of anilines is 1. The Morgan fingerprint density at radius 3 is 2.77 bits per heavy atom. The van der Waals surface area contributed by atoms with Gasteiger partial charge < -0.3 is 9.47 Å². The van der Waals surface area contributed by atoms with Crippen molar-refractivity contribution in [3.8, 4) is 11.5 Å². The van der Waals surface area contributed by atoms with Crippen molar-refractivity contribution in [1.82, 2.24) is 4.98 Å². The van der Waals surface area contributed by atoms with Gasteiger partial charge in [-0.15, -0.1) is 0 Å². The van der Waals surface area contributed by atoms with Crippen LogP contribution in [0.5, 0.6) is 11.5 Å². The van der Waals surface area contributed by atoms with Crippen molar-refractivity contribution < 1.29 is 14.3 Å². The number of hydrogen-bond acceptors (Lipinski definition) is 5. The first kappa shape index (κ1) is 14.3. The molecule has 1 heterocycles. The minimum atomic E-state index is -0.241. The van der Waals surface area contributed by atoms with E-state index < -0.39 is 0 Å². The van der Waals surface area contributed by atoms with Gasteiger partial charge in [0.05, 0.1) is 17.3 Å². The fourth-order valence-electron chi connectivity index (χ4n) is 1.91. The zero-order valence-corrected chi connectivity index (χ0v) is 12.7. The van der Waals surface area contributed by atoms with E-state index in [4.69, 9.17) is 9.47 Å². The maximum Gasteiger partial charge on any atom is 0.264 e. The van der Waals surface area contributed by atoms with E-state index in [1.807, 2.05) is 36.4 Å². The van der Waals surface area contributed by atoms with E-state index in [9.17, 15) is 4.79 Å². The molecule has 0 saturated carbocycles. The minimum absolute atomic E-state index is 0.0523. The van der Waals surface area contributed by atoms with Crippen molar-refractivity contribution in [3.63, 3.8) is 0 Å². The average molecular weight is 314 g/mol. The number of para-hydroxylation sites is 1. The molecule has 1 aromatic heterocycles. The lowest BCUT2D eigenvalue weighted by Gasteiger charge is -2.04. The standard InChI is InChI=1S/C16H14N2O3S/c1-20-12-7-8-13-14(9-12)22-16(17-13)18-15(19)10-21-11-5-3-2-4-6-11/h2-9H,10H2,1H3,(H,17,18,19). The van der Waals surface area contributed by atoms with Gasteiger partial charge in [-0.2, -0.15) is 0 Å². The van der Waals surface area contributed by atoms with E-state index in [0.29, 0.717) is 10.9 Å². The molecule has 3 rings (SSSR count). The first-order valence-corrected chi connectivity index (χ1v) is 7.48. The number of carbonyl (C=O) groups is 1. The highest BCUT2D eigenvalue weighted by atomic mass is 32.1. The lowest BCUT2D eigenvalue weighted by Crippen LogP contribution is -2.19. The fraction of sp³-hybridized carbons (Fsp3) is 0.125. The van der Waals surface area contributed by atoms with Gasteiger partial charge >= 0.3 is 0 Å². The Morgan fingerprint density at radius 2 is 2.00 bits per heavy atom. The van der Waals surface area contributed by atoms with Gasteiger partial charge in [0.2, 0.25) is 0 Å². The van der Waals surface area contributed by atoms with E-state index in [1.165, 1.54) is 11.3 Å². The van der Waals surface area contributed by atoms with Gasteiger partial charge in [-0.3, -0.25) is 10.1 Å². The number of methoxy groups -OCH3 is 1. The molecule has 0 fully saturated rings. The molecule has 2 aromatic carbocycles. The third kappa shape index (κ3) is 3.35. The molecule has 112 valence electrons. The molecule has 0 unspecified atom stereocenters. The summed E-state index contributed by atoms with van der Waals surface area (Å²) < 4.78 is 11.5. The van der Waals surface area contributed by atoms with E-state index in [2.05, 4.69) is 10.3 Å². The number of thiazole rings is 1. The summed E-state index contributed by atoms with van der Waals surface area (Å²) >= 11 is 1.40. The maximum atomic E-state index is 11.9. The van der Waals surface area contributed by atoms with Gasteiger partial charge in [0, 0.05) is 0 Å². The van der Waals surface area contributed by atoms with Crippen LogP contribution < -0.4 is 14.8 Å². The molecular weight excluding hydrogens is 300 g/mol. The molecule has 5 nitrogen and oxygen atoms in total. The molecule has 0 aliphatic carbocycles. The summed E-state index contributed by atoms with van der Waals surface area (Å²) in [6.45, 7) is -0.0523. The lowest BCUT2D eigenvalue weighted by atomic mass is 10.3. The summed E-state index contributed by atoms with van der Waals surface area (Å²) in [5.41, 5.74) is 0.824. The van der Waals surface area contributed by atoms with E-state index in [0.717, 1.165) is 16.0 Å². The molecule has 0 bridgehead atoms. The van der Waals surface area contributed by atoms with Crippen LogP contribution in [-0.4, -0.2) is 24.6 Å². The molecule has 0 radical (unpaired) electrons. The number of fused-ring (bicyclic) bond motifs is 1. The largest absolute Gasteiger partial charge is 0.497 e. The molecule has 1 N–H and O–H groups in total. The van der Waals surface area contributed by atoms with Crippen molar-refractivity contribution in [2.45, 2.75) is 0 Å². The summed E-state index contributed by atoms with van der Waals surface area (Å²) in [5.74, 6) is 1.18. The predicted octanol–water partition coefficient (Wildman–Crippen LogP) is 3.32. The molecule has 0 spiro atoms. The van der Waals surface area contributed by atoms with Crippen LogP contribution in [-0.2, 0) is 4.79 Å². The van der Waals surface area contributed by atoms with Crippen LogP contribution in [0.2, 0.25) is 0 Å². The van der Waals surface area contributed by atoms with Gasteiger partial charge in [-0.25, -0.2) is 4.98 Å². The number of rotatable bonds is 5.